The molecule has 0 saturated heterocycles. The highest BCUT2D eigenvalue weighted by molar-refractivity contribution is 7.21. The number of anilines is 2. The van der Waals surface area contributed by atoms with Gasteiger partial charge in [-0.05, 0) is 29.8 Å². The molecule has 0 aliphatic heterocycles. The summed E-state index contributed by atoms with van der Waals surface area (Å²) in [6, 6.07) is 12.0. The molecule has 0 unspecified atom stereocenters. The van der Waals surface area contributed by atoms with Gasteiger partial charge in [-0.1, -0.05) is 12.1 Å². The summed E-state index contributed by atoms with van der Waals surface area (Å²) < 4.78 is 1.13. The molecular formula is C16H14N6S. The first-order valence-electron chi connectivity index (χ1n) is 7.14. The number of H-pyrrole nitrogens is 1. The van der Waals surface area contributed by atoms with E-state index in [2.05, 4.69) is 31.5 Å². The van der Waals surface area contributed by atoms with Gasteiger partial charge in [-0.2, -0.15) is 5.10 Å². The van der Waals surface area contributed by atoms with Crippen LogP contribution in [0, 0.1) is 0 Å². The predicted octanol–water partition coefficient (Wildman–Crippen LogP) is 3.28. The minimum atomic E-state index is 0.446. The lowest BCUT2D eigenvalue weighted by Gasteiger charge is -2.05. The number of nitrogens with two attached hydrogens (primary N) is 1. The van der Waals surface area contributed by atoms with Crippen LogP contribution in [0.25, 0.3) is 20.8 Å². The molecule has 0 saturated carbocycles. The smallest absolute Gasteiger partial charge is 0.157 e. The first-order chi connectivity index (χ1) is 11.3. The highest BCUT2D eigenvalue weighted by atomic mass is 32.1. The average Bonchev–Trinajstić information content (AvgIpc) is 3.16. The molecule has 114 valence electrons. The van der Waals surface area contributed by atoms with E-state index < -0.39 is 0 Å². The van der Waals surface area contributed by atoms with Gasteiger partial charge >= 0.3 is 0 Å². The second kappa shape index (κ2) is 5.69. The van der Waals surface area contributed by atoms with Crippen molar-refractivity contribution < 1.29 is 0 Å². The van der Waals surface area contributed by atoms with Crippen LogP contribution in [0.2, 0.25) is 0 Å². The normalized spacial score (nSPS) is 11.0. The van der Waals surface area contributed by atoms with Gasteiger partial charge in [0.05, 0.1) is 15.8 Å². The number of fused-ring (bicyclic) bond motifs is 1. The number of pyridine rings is 1. The summed E-state index contributed by atoms with van der Waals surface area (Å²) in [6.45, 7) is 0.655. The minimum absolute atomic E-state index is 0.446. The van der Waals surface area contributed by atoms with E-state index in [0.29, 0.717) is 12.4 Å². The van der Waals surface area contributed by atoms with Gasteiger partial charge in [-0.25, -0.2) is 4.98 Å². The summed E-state index contributed by atoms with van der Waals surface area (Å²) in [5.74, 6) is 1.22. The summed E-state index contributed by atoms with van der Waals surface area (Å²) in [6.07, 6.45) is 3.54. The molecule has 23 heavy (non-hydrogen) atoms. The van der Waals surface area contributed by atoms with Crippen LogP contribution >= 0.6 is 11.3 Å². The van der Waals surface area contributed by atoms with E-state index in [0.717, 1.165) is 32.2 Å². The van der Waals surface area contributed by atoms with E-state index >= 15 is 0 Å². The first kappa shape index (κ1) is 13.7. The molecule has 3 aromatic heterocycles. The third-order valence-electron chi connectivity index (χ3n) is 3.52. The van der Waals surface area contributed by atoms with Crippen LogP contribution in [0.4, 0.5) is 11.6 Å². The maximum absolute atomic E-state index is 6.04. The third kappa shape index (κ3) is 2.62. The second-order valence-electron chi connectivity index (χ2n) is 5.05. The Bertz CT molecular complexity index is 911. The maximum Gasteiger partial charge on any atom is 0.157 e. The van der Waals surface area contributed by atoms with Crippen LogP contribution < -0.4 is 11.1 Å². The van der Waals surface area contributed by atoms with Crippen molar-refractivity contribution in [1.82, 2.24) is 20.2 Å². The van der Waals surface area contributed by atoms with E-state index in [1.54, 1.807) is 23.7 Å². The van der Waals surface area contributed by atoms with Gasteiger partial charge in [0.15, 0.2) is 5.82 Å². The van der Waals surface area contributed by atoms with Crippen LogP contribution in [0.3, 0.4) is 0 Å². The van der Waals surface area contributed by atoms with Crippen molar-refractivity contribution >= 4 is 33.2 Å². The molecule has 0 atom stereocenters. The number of hydrogen-bond donors (Lipinski definition) is 3. The van der Waals surface area contributed by atoms with Crippen LogP contribution in [0.5, 0.6) is 0 Å². The fourth-order valence-corrected chi connectivity index (χ4v) is 3.40. The average molecular weight is 322 g/mol. The Labute approximate surface area is 136 Å². The summed E-state index contributed by atoms with van der Waals surface area (Å²) in [4.78, 5) is 8.68. The lowest BCUT2D eigenvalue weighted by Crippen LogP contribution is -2.01. The molecule has 4 aromatic rings. The lowest BCUT2D eigenvalue weighted by molar-refractivity contribution is 1.05. The van der Waals surface area contributed by atoms with Crippen LogP contribution in [-0.2, 0) is 6.54 Å². The number of nitrogens with zero attached hydrogens (tertiary/aromatic N) is 3. The Hall–Kier alpha value is -2.93. The molecule has 0 fully saturated rings. The molecular weight excluding hydrogens is 308 g/mol. The SMILES string of the molecule is Nc1n[nH]c(NCc2ccncc2)c1-c1nc2ccccc2s1. The van der Waals surface area contributed by atoms with Crippen LogP contribution in [0.1, 0.15) is 5.56 Å². The molecule has 0 bridgehead atoms. The molecule has 7 heteroatoms. The summed E-state index contributed by atoms with van der Waals surface area (Å²) in [7, 11) is 0. The minimum Gasteiger partial charge on any atom is -0.382 e. The van der Waals surface area contributed by atoms with E-state index in [4.69, 9.17) is 5.73 Å². The fraction of sp³-hybridized carbons (Fsp3) is 0.0625. The van der Waals surface area contributed by atoms with Crippen molar-refractivity contribution in [3.63, 3.8) is 0 Å². The molecule has 0 radical (unpaired) electrons. The van der Waals surface area contributed by atoms with Crippen LogP contribution in [0.15, 0.2) is 48.8 Å². The van der Waals surface area contributed by atoms with Gasteiger partial charge in [0.25, 0.3) is 0 Å². The number of aromatic nitrogens is 4. The van der Waals surface area contributed by atoms with E-state index in [1.165, 1.54) is 0 Å². The molecule has 0 aliphatic carbocycles. The lowest BCUT2D eigenvalue weighted by atomic mass is 10.2. The van der Waals surface area contributed by atoms with Gasteiger partial charge in [-0.15, -0.1) is 11.3 Å². The molecule has 4 rings (SSSR count). The zero-order chi connectivity index (χ0) is 15.6. The Balaban J connectivity index is 1.67. The van der Waals surface area contributed by atoms with Crippen molar-refractivity contribution in [2.45, 2.75) is 6.54 Å². The van der Waals surface area contributed by atoms with Gasteiger partial charge in [0.1, 0.15) is 10.8 Å². The number of nitrogen functional groups attached to an aromatic ring is 1. The molecule has 0 aliphatic rings. The van der Waals surface area contributed by atoms with Crippen molar-refractivity contribution in [3.05, 3.63) is 54.4 Å². The Morgan fingerprint density at radius 3 is 2.78 bits per heavy atom. The van der Waals surface area contributed by atoms with Crippen molar-refractivity contribution in [2.75, 3.05) is 11.1 Å². The van der Waals surface area contributed by atoms with Gasteiger partial charge in [0, 0.05) is 18.9 Å². The Kier molecular flexibility index (Phi) is 3.39. The number of para-hydroxylation sites is 1. The van der Waals surface area contributed by atoms with E-state index in [1.807, 2.05) is 30.3 Å². The zero-order valence-corrected chi connectivity index (χ0v) is 13.0. The number of aromatic amines is 1. The highest BCUT2D eigenvalue weighted by Gasteiger charge is 2.17. The standard InChI is InChI=1S/C16H14N6S/c17-14-13(16-20-11-3-1-2-4-12(11)23-16)15(22-21-14)19-9-10-5-7-18-8-6-10/h1-8H,9H2,(H4,17,19,21,22). The zero-order valence-electron chi connectivity index (χ0n) is 12.2. The van der Waals surface area contributed by atoms with Gasteiger partial charge < -0.3 is 11.1 Å². The van der Waals surface area contributed by atoms with E-state index in [9.17, 15) is 0 Å². The third-order valence-corrected chi connectivity index (χ3v) is 4.57. The Morgan fingerprint density at radius 2 is 1.96 bits per heavy atom. The largest absolute Gasteiger partial charge is 0.382 e. The van der Waals surface area contributed by atoms with Crippen molar-refractivity contribution in [1.29, 1.82) is 0 Å². The molecule has 3 heterocycles. The van der Waals surface area contributed by atoms with Crippen molar-refractivity contribution in [2.24, 2.45) is 0 Å². The molecule has 0 amide bonds. The molecule has 6 nitrogen and oxygen atoms in total. The molecule has 4 N–H and O–H groups in total. The number of nitrogens with one attached hydrogen (secondary N) is 2. The van der Waals surface area contributed by atoms with Gasteiger partial charge in [0.2, 0.25) is 0 Å². The molecule has 0 spiro atoms. The van der Waals surface area contributed by atoms with Crippen molar-refractivity contribution in [3.8, 4) is 10.6 Å². The molecule has 1 aromatic carbocycles. The number of thiazole rings is 1. The number of hydrogen-bond acceptors (Lipinski definition) is 6. The highest BCUT2D eigenvalue weighted by Crippen LogP contribution is 2.37. The van der Waals surface area contributed by atoms with E-state index in [-0.39, 0.29) is 0 Å². The first-order valence-corrected chi connectivity index (χ1v) is 7.95. The summed E-state index contributed by atoms with van der Waals surface area (Å²) >= 11 is 1.60. The Morgan fingerprint density at radius 1 is 1.13 bits per heavy atom. The fourth-order valence-electron chi connectivity index (χ4n) is 2.37. The number of rotatable bonds is 4. The topological polar surface area (TPSA) is 92.5 Å². The van der Waals surface area contributed by atoms with Gasteiger partial charge in [-0.3, -0.25) is 10.1 Å². The summed E-state index contributed by atoms with van der Waals surface area (Å²) in [5, 5.41) is 11.3. The number of benzene rings is 1. The summed E-state index contributed by atoms with van der Waals surface area (Å²) in [5.41, 5.74) is 8.95. The second-order valence-corrected chi connectivity index (χ2v) is 6.09. The maximum atomic E-state index is 6.04. The monoisotopic (exact) mass is 322 g/mol. The quantitative estimate of drug-likeness (QED) is 0.536. The predicted molar refractivity (Wildman–Crippen MR) is 93.2 cm³/mol. The van der Waals surface area contributed by atoms with Crippen LogP contribution in [-0.4, -0.2) is 20.2 Å².